The van der Waals surface area contributed by atoms with Crippen molar-refractivity contribution in [3.05, 3.63) is 29.8 Å². The maximum atomic E-state index is 11.7. The molecule has 2 amide bonds. The van der Waals surface area contributed by atoms with Crippen molar-refractivity contribution in [1.29, 1.82) is 0 Å². The minimum atomic E-state index is -0.336. The zero-order valence-corrected chi connectivity index (χ0v) is 13.5. The number of benzene rings is 1. The number of thioether (sulfide) groups is 1. The summed E-state index contributed by atoms with van der Waals surface area (Å²) in [6, 6.07) is 7.86. The quantitative estimate of drug-likeness (QED) is 0.716. The van der Waals surface area contributed by atoms with Gasteiger partial charge in [-0.25, -0.2) is 0 Å². The van der Waals surface area contributed by atoms with Gasteiger partial charge in [-0.3, -0.25) is 9.59 Å². The topological polar surface area (TPSA) is 84.2 Å². The first-order chi connectivity index (χ1) is 10.7. The second-order valence-electron chi connectivity index (χ2n) is 5.45. The number of amides is 2. The lowest BCUT2D eigenvalue weighted by molar-refractivity contribution is -0.123. The predicted octanol–water partition coefficient (Wildman–Crippen LogP) is 1.88. The lowest BCUT2D eigenvalue weighted by Crippen LogP contribution is -2.36. The van der Waals surface area contributed by atoms with Gasteiger partial charge in [0.2, 0.25) is 11.8 Å². The van der Waals surface area contributed by atoms with Gasteiger partial charge < -0.3 is 16.4 Å². The first-order valence-electron chi connectivity index (χ1n) is 7.64. The van der Waals surface area contributed by atoms with E-state index in [9.17, 15) is 9.59 Å². The molecule has 0 radical (unpaired) electrons. The lowest BCUT2D eigenvalue weighted by atomic mass is 10.2. The second-order valence-corrected chi connectivity index (χ2v) is 6.74. The molecule has 1 aromatic rings. The Morgan fingerprint density at radius 1 is 1.23 bits per heavy atom. The van der Waals surface area contributed by atoms with Crippen LogP contribution in [0.5, 0.6) is 0 Å². The number of nitrogens with one attached hydrogen (secondary N) is 2. The van der Waals surface area contributed by atoms with Crippen molar-refractivity contribution in [3.63, 3.8) is 0 Å². The highest BCUT2D eigenvalue weighted by atomic mass is 32.2. The van der Waals surface area contributed by atoms with Crippen molar-refractivity contribution in [1.82, 2.24) is 5.32 Å². The van der Waals surface area contributed by atoms with Gasteiger partial charge in [-0.05, 0) is 30.5 Å². The molecule has 0 unspecified atom stereocenters. The second kappa shape index (κ2) is 8.80. The molecular formula is C16H23N3O2S. The molecule has 1 saturated carbocycles. The van der Waals surface area contributed by atoms with Crippen LogP contribution in [0.15, 0.2) is 24.3 Å². The summed E-state index contributed by atoms with van der Waals surface area (Å²) in [6.45, 7) is -0.168. The average molecular weight is 321 g/mol. The van der Waals surface area contributed by atoms with Gasteiger partial charge in [-0.15, -0.1) is 0 Å². The Hall–Kier alpha value is -1.53. The van der Waals surface area contributed by atoms with Gasteiger partial charge in [-0.2, -0.15) is 11.8 Å². The third kappa shape index (κ3) is 5.69. The molecule has 0 aromatic heterocycles. The summed E-state index contributed by atoms with van der Waals surface area (Å²) in [5, 5.41) is 6.02. The standard InChI is InChI=1S/C16H23N3O2S/c17-9-15(20)18-10-16(21)19-13-5-3-4-12(8-13)11-22-14-6-1-2-7-14/h3-5,8,14H,1-2,6-7,9-11,17H2,(H,18,20)(H,19,21). The lowest BCUT2D eigenvalue weighted by Gasteiger charge is -2.10. The van der Waals surface area contributed by atoms with E-state index in [-0.39, 0.29) is 24.9 Å². The van der Waals surface area contributed by atoms with Crippen LogP contribution in [0.1, 0.15) is 31.2 Å². The highest BCUT2D eigenvalue weighted by Gasteiger charge is 2.15. The average Bonchev–Trinajstić information content (AvgIpc) is 3.04. The van der Waals surface area contributed by atoms with Gasteiger partial charge in [0, 0.05) is 16.7 Å². The zero-order chi connectivity index (χ0) is 15.8. The number of carbonyl (C=O) groups is 2. The van der Waals surface area contributed by atoms with Crippen LogP contribution in [0.2, 0.25) is 0 Å². The van der Waals surface area contributed by atoms with E-state index in [0.29, 0.717) is 0 Å². The van der Waals surface area contributed by atoms with E-state index < -0.39 is 0 Å². The molecule has 5 nitrogen and oxygen atoms in total. The van der Waals surface area contributed by atoms with Crippen LogP contribution < -0.4 is 16.4 Å². The van der Waals surface area contributed by atoms with E-state index in [2.05, 4.69) is 16.7 Å². The van der Waals surface area contributed by atoms with Crippen molar-refractivity contribution >= 4 is 29.3 Å². The monoisotopic (exact) mass is 321 g/mol. The van der Waals surface area contributed by atoms with Crippen LogP contribution in [0.3, 0.4) is 0 Å². The molecule has 0 bridgehead atoms. The molecule has 0 aliphatic heterocycles. The Labute approximate surface area is 135 Å². The van der Waals surface area contributed by atoms with E-state index in [0.717, 1.165) is 16.7 Å². The fraction of sp³-hybridized carbons (Fsp3) is 0.500. The van der Waals surface area contributed by atoms with Crippen LogP contribution >= 0.6 is 11.8 Å². The number of anilines is 1. The van der Waals surface area contributed by atoms with E-state index in [1.807, 2.05) is 30.0 Å². The SMILES string of the molecule is NCC(=O)NCC(=O)Nc1cccc(CSC2CCCC2)c1. The van der Waals surface area contributed by atoms with Gasteiger partial charge in [0.1, 0.15) is 0 Å². The summed E-state index contributed by atoms with van der Waals surface area (Å²) in [6.07, 6.45) is 5.34. The van der Waals surface area contributed by atoms with Crippen LogP contribution in [0.25, 0.3) is 0 Å². The number of carbonyl (C=O) groups excluding carboxylic acids is 2. The Kier molecular flexibility index (Phi) is 6.74. The molecule has 4 N–H and O–H groups in total. The Balaban J connectivity index is 1.79. The summed E-state index contributed by atoms with van der Waals surface area (Å²) >= 11 is 2.00. The van der Waals surface area contributed by atoms with Gasteiger partial charge in [0.05, 0.1) is 13.1 Å². The van der Waals surface area contributed by atoms with Crippen molar-refractivity contribution in [3.8, 4) is 0 Å². The van der Waals surface area contributed by atoms with Crippen LogP contribution in [0, 0.1) is 0 Å². The molecule has 0 heterocycles. The number of rotatable bonds is 7. The molecule has 1 fully saturated rings. The van der Waals surface area contributed by atoms with Crippen molar-refractivity contribution < 1.29 is 9.59 Å². The van der Waals surface area contributed by atoms with E-state index in [1.165, 1.54) is 31.2 Å². The number of hydrogen-bond donors (Lipinski definition) is 3. The summed E-state index contributed by atoms with van der Waals surface area (Å²) in [5.41, 5.74) is 7.14. The van der Waals surface area contributed by atoms with Gasteiger partial charge >= 0.3 is 0 Å². The van der Waals surface area contributed by atoms with Crippen molar-refractivity contribution in [2.75, 3.05) is 18.4 Å². The molecule has 6 heteroatoms. The van der Waals surface area contributed by atoms with Gasteiger partial charge in [-0.1, -0.05) is 25.0 Å². The van der Waals surface area contributed by atoms with E-state index >= 15 is 0 Å². The molecule has 1 aliphatic carbocycles. The molecular weight excluding hydrogens is 298 g/mol. The Bertz CT molecular complexity index is 516. The summed E-state index contributed by atoms with van der Waals surface area (Å²) < 4.78 is 0. The summed E-state index contributed by atoms with van der Waals surface area (Å²) in [4.78, 5) is 22.8. The molecule has 120 valence electrons. The minimum Gasteiger partial charge on any atom is -0.346 e. The highest BCUT2D eigenvalue weighted by Crippen LogP contribution is 2.31. The highest BCUT2D eigenvalue weighted by molar-refractivity contribution is 7.99. The van der Waals surface area contributed by atoms with Crippen LogP contribution in [0.4, 0.5) is 5.69 Å². The smallest absolute Gasteiger partial charge is 0.243 e. The largest absolute Gasteiger partial charge is 0.346 e. The summed E-state index contributed by atoms with van der Waals surface area (Å²) in [5.74, 6) is 0.387. The third-order valence-electron chi connectivity index (χ3n) is 3.63. The molecule has 1 aliphatic rings. The first-order valence-corrected chi connectivity index (χ1v) is 8.69. The van der Waals surface area contributed by atoms with Gasteiger partial charge in [0.25, 0.3) is 0 Å². The van der Waals surface area contributed by atoms with E-state index in [1.54, 1.807) is 0 Å². The summed E-state index contributed by atoms with van der Waals surface area (Å²) in [7, 11) is 0. The third-order valence-corrected chi connectivity index (χ3v) is 5.07. The first kappa shape index (κ1) is 16.8. The fourth-order valence-electron chi connectivity index (χ4n) is 2.46. The Morgan fingerprint density at radius 2 is 2.00 bits per heavy atom. The predicted molar refractivity (Wildman–Crippen MR) is 90.7 cm³/mol. The Morgan fingerprint density at radius 3 is 2.73 bits per heavy atom. The molecule has 0 spiro atoms. The van der Waals surface area contributed by atoms with Crippen molar-refractivity contribution in [2.45, 2.75) is 36.7 Å². The number of nitrogens with two attached hydrogens (primary N) is 1. The fourth-order valence-corrected chi connectivity index (χ4v) is 3.74. The maximum Gasteiger partial charge on any atom is 0.243 e. The minimum absolute atomic E-state index is 0.0584. The van der Waals surface area contributed by atoms with E-state index in [4.69, 9.17) is 5.73 Å². The zero-order valence-electron chi connectivity index (χ0n) is 12.6. The molecule has 2 rings (SSSR count). The van der Waals surface area contributed by atoms with Crippen LogP contribution in [-0.2, 0) is 15.3 Å². The number of hydrogen-bond acceptors (Lipinski definition) is 4. The molecule has 22 heavy (non-hydrogen) atoms. The van der Waals surface area contributed by atoms with Gasteiger partial charge in [0.15, 0.2) is 0 Å². The molecule has 1 aromatic carbocycles. The van der Waals surface area contributed by atoms with Crippen LogP contribution in [-0.4, -0.2) is 30.2 Å². The van der Waals surface area contributed by atoms with Crippen molar-refractivity contribution in [2.24, 2.45) is 5.73 Å². The normalized spacial score (nSPS) is 14.8. The molecule has 0 saturated heterocycles. The molecule has 0 atom stereocenters. The maximum absolute atomic E-state index is 11.7.